The lowest BCUT2D eigenvalue weighted by Gasteiger charge is -2.18. The number of nitrogens with two attached hydrogens (primary N) is 1. The Kier molecular flexibility index (Phi) is 3.80. The van der Waals surface area contributed by atoms with Gasteiger partial charge in [-0.25, -0.2) is 0 Å². The fourth-order valence-corrected chi connectivity index (χ4v) is 1.95. The molecule has 1 aromatic carbocycles. The van der Waals surface area contributed by atoms with E-state index in [1.165, 1.54) is 11.8 Å². The highest BCUT2D eigenvalue weighted by Crippen LogP contribution is 2.13. The first kappa shape index (κ1) is 13.1. The van der Waals surface area contributed by atoms with Crippen molar-refractivity contribution >= 4 is 11.6 Å². The van der Waals surface area contributed by atoms with Gasteiger partial charge in [-0.05, 0) is 18.6 Å². The number of nitrogen functional groups attached to an aromatic ring is 1. The van der Waals surface area contributed by atoms with Crippen molar-refractivity contribution in [3.63, 3.8) is 0 Å². The summed E-state index contributed by atoms with van der Waals surface area (Å²) in [5.74, 6) is -0.118. The molecule has 0 radical (unpaired) electrons. The van der Waals surface area contributed by atoms with Gasteiger partial charge in [0.1, 0.15) is 0 Å². The zero-order valence-electron chi connectivity index (χ0n) is 11.1. The molecule has 19 heavy (non-hydrogen) atoms. The van der Waals surface area contributed by atoms with Crippen LogP contribution in [0.1, 0.15) is 21.5 Å². The molecule has 1 amide bonds. The van der Waals surface area contributed by atoms with Crippen LogP contribution in [0.4, 0.5) is 5.69 Å². The normalized spacial score (nSPS) is 10.2. The molecule has 2 aromatic rings. The standard InChI is InChI=1S/C15H17N3O/c1-11-4-3-5-12(8-11)10-18(2)15(19)13-9-17-7-6-14(13)16/h3-9H,10H2,1-2H3,(H2,16,17). The lowest BCUT2D eigenvalue weighted by Crippen LogP contribution is -2.27. The Morgan fingerprint density at radius 3 is 2.84 bits per heavy atom. The van der Waals surface area contributed by atoms with E-state index >= 15 is 0 Å². The van der Waals surface area contributed by atoms with Crippen molar-refractivity contribution in [3.05, 3.63) is 59.4 Å². The zero-order valence-corrected chi connectivity index (χ0v) is 11.1. The number of nitrogens with zero attached hydrogens (tertiary/aromatic N) is 2. The Hall–Kier alpha value is -2.36. The van der Waals surface area contributed by atoms with E-state index in [0.717, 1.165) is 5.56 Å². The van der Waals surface area contributed by atoms with Crippen molar-refractivity contribution in [3.8, 4) is 0 Å². The van der Waals surface area contributed by atoms with E-state index in [1.807, 2.05) is 25.1 Å². The third-order valence-electron chi connectivity index (χ3n) is 2.93. The van der Waals surface area contributed by atoms with Gasteiger partial charge in [0.25, 0.3) is 5.91 Å². The summed E-state index contributed by atoms with van der Waals surface area (Å²) in [5.41, 5.74) is 8.96. The van der Waals surface area contributed by atoms with Crippen LogP contribution in [0.2, 0.25) is 0 Å². The lowest BCUT2D eigenvalue weighted by atomic mass is 10.1. The Morgan fingerprint density at radius 2 is 2.16 bits per heavy atom. The lowest BCUT2D eigenvalue weighted by molar-refractivity contribution is 0.0785. The minimum atomic E-state index is -0.118. The summed E-state index contributed by atoms with van der Waals surface area (Å²) in [6.45, 7) is 2.58. The molecule has 0 aliphatic heterocycles. The maximum absolute atomic E-state index is 12.3. The molecule has 0 saturated heterocycles. The summed E-state index contributed by atoms with van der Waals surface area (Å²) < 4.78 is 0. The molecular formula is C15H17N3O. The molecule has 4 heteroatoms. The summed E-state index contributed by atoms with van der Waals surface area (Å²) >= 11 is 0. The topological polar surface area (TPSA) is 59.2 Å². The summed E-state index contributed by atoms with van der Waals surface area (Å²) in [7, 11) is 1.76. The highest BCUT2D eigenvalue weighted by atomic mass is 16.2. The molecule has 1 heterocycles. The molecule has 0 bridgehead atoms. The Bertz CT molecular complexity index is 595. The second kappa shape index (κ2) is 5.52. The number of pyridine rings is 1. The molecule has 4 nitrogen and oxygen atoms in total. The maximum Gasteiger partial charge on any atom is 0.257 e. The molecule has 0 atom stereocenters. The number of aromatic nitrogens is 1. The monoisotopic (exact) mass is 255 g/mol. The average molecular weight is 255 g/mol. The van der Waals surface area contributed by atoms with Gasteiger partial charge in [-0.1, -0.05) is 29.8 Å². The van der Waals surface area contributed by atoms with Gasteiger partial charge < -0.3 is 10.6 Å². The highest BCUT2D eigenvalue weighted by molar-refractivity contribution is 5.98. The van der Waals surface area contributed by atoms with Crippen LogP contribution >= 0.6 is 0 Å². The van der Waals surface area contributed by atoms with E-state index in [0.29, 0.717) is 17.8 Å². The van der Waals surface area contributed by atoms with Gasteiger partial charge in [-0.3, -0.25) is 9.78 Å². The maximum atomic E-state index is 12.3. The molecule has 0 aliphatic carbocycles. The number of anilines is 1. The zero-order chi connectivity index (χ0) is 13.8. The van der Waals surface area contributed by atoms with E-state index in [9.17, 15) is 4.79 Å². The first-order valence-electron chi connectivity index (χ1n) is 6.08. The summed E-state index contributed by atoms with van der Waals surface area (Å²) in [6.07, 6.45) is 3.08. The van der Waals surface area contributed by atoms with Gasteiger partial charge in [-0.2, -0.15) is 0 Å². The van der Waals surface area contributed by atoms with Crippen molar-refractivity contribution in [1.82, 2.24) is 9.88 Å². The van der Waals surface area contributed by atoms with E-state index < -0.39 is 0 Å². The van der Waals surface area contributed by atoms with Gasteiger partial charge >= 0.3 is 0 Å². The van der Waals surface area contributed by atoms with E-state index in [-0.39, 0.29) is 5.91 Å². The number of rotatable bonds is 3. The fourth-order valence-electron chi connectivity index (χ4n) is 1.95. The average Bonchev–Trinajstić information content (AvgIpc) is 2.38. The highest BCUT2D eigenvalue weighted by Gasteiger charge is 2.14. The van der Waals surface area contributed by atoms with Crippen molar-refractivity contribution < 1.29 is 4.79 Å². The van der Waals surface area contributed by atoms with Crippen molar-refractivity contribution in [2.24, 2.45) is 0 Å². The molecule has 98 valence electrons. The minimum Gasteiger partial charge on any atom is -0.398 e. The number of hydrogen-bond donors (Lipinski definition) is 1. The molecule has 0 aliphatic rings. The number of amides is 1. The second-order valence-corrected chi connectivity index (χ2v) is 4.61. The van der Waals surface area contributed by atoms with Crippen molar-refractivity contribution in [2.45, 2.75) is 13.5 Å². The summed E-state index contributed by atoms with van der Waals surface area (Å²) in [6, 6.07) is 9.72. The SMILES string of the molecule is Cc1cccc(CN(C)C(=O)c2cnccc2N)c1. The Balaban J connectivity index is 2.14. The minimum absolute atomic E-state index is 0.118. The van der Waals surface area contributed by atoms with Crippen LogP contribution < -0.4 is 5.73 Å². The van der Waals surface area contributed by atoms with Crippen molar-refractivity contribution in [1.29, 1.82) is 0 Å². The predicted molar refractivity (Wildman–Crippen MR) is 75.6 cm³/mol. The second-order valence-electron chi connectivity index (χ2n) is 4.61. The van der Waals surface area contributed by atoms with Gasteiger partial charge in [0.05, 0.1) is 5.56 Å². The summed E-state index contributed by atoms with van der Waals surface area (Å²) in [5, 5.41) is 0. The fraction of sp³-hybridized carbons (Fsp3) is 0.200. The number of aryl methyl sites for hydroxylation is 1. The van der Waals surface area contributed by atoms with E-state index in [4.69, 9.17) is 5.73 Å². The summed E-state index contributed by atoms with van der Waals surface area (Å²) in [4.78, 5) is 17.8. The smallest absolute Gasteiger partial charge is 0.257 e. The third kappa shape index (κ3) is 3.10. The predicted octanol–water partition coefficient (Wildman–Crippen LogP) is 2.24. The third-order valence-corrected chi connectivity index (χ3v) is 2.93. The number of hydrogen-bond acceptors (Lipinski definition) is 3. The Morgan fingerprint density at radius 1 is 1.37 bits per heavy atom. The van der Waals surface area contributed by atoms with Gasteiger partial charge in [0.2, 0.25) is 0 Å². The van der Waals surface area contributed by atoms with Crippen LogP contribution in [0.3, 0.4) is 0 Å². The van der Waals surface area contributed by atoms with E-state index in [2.05, 4.69) is 11.1 Å². The quantitative estimate of drug-likeness (QED) is 0.915. The largest absolute Gasteiger partial charge is 0.398 e. The number of carbonyl (C=O) groups excluding carboxylic acids is 1. The molecule has 0 saturated carbocycles. The van der Waals surface area contributed by atoms with Crippen LogP contribution in [0.25, 0.3) is 0 Å². The molecule has 2 rings (SSSR count). The first-order chi connectivity index (χ1) is 9.08. The molecule has 1 aromatic heterocycles. The first-order valence-corrected chi connectivity index (χ1v) is 6.08. The Labute approximate surface area is 112 Å². The van der Waals surface area contributed by atoms with Crippen LogP contribution in [-0.2, 0) is 6.54 Å². The van der Waals surface area contributed by atoms with E-state index in [1.54, 1.807) is 24.2 Å². The molecule has 0 fully saturated rings. The molecule has 0 unspecified atom stereocenters. The van der Waals surface area contributed by atoms with Crippen LogP contribution in [-0.4, -0.2) is 22.8 Å². The molecular weight excluding hydrogens is 238 g/mol. The van der Waals surface area contributed by atoms with Crippen LogP contribution in [0.5, 0.6) is 0 Å². The van der Waals surface area contributed by atoms with Gasteiger partial charge in [0, 0.05) is 31.7 Å². The van der Waals surface area contributed by atoms with Crippen LogP contribution in [0.15, 0.2) is 42.7 Å². The molecule has 0 spiro atoms. The van der Waals surface area contributed by atoms with Crippen LogP contribution in [0, 0.1) is 6.92 Å². The van der Waals surface area contributed by atoms with Crippen molar-refractivity contribution in [2.75, 3.05) is 12.8 Å². The van der Waals surface area contributed by atoms with Gasteiger partial charge in [0.15, 0.2) is 0 Å². The number of carbonyl (C=O) groups is 1. The number of benzene rings is 1. The van der Waals surface area contributed by atoms with Gasteiger partial charge in [-0.15, -0.1) is 0 Å². The molecule has 2 N–H and O–H groups in total.